The molecule has 0 aliphatic carbocycles. The quantitative estimate of drug-likeness (QED) is 0.829. The molecule has 122 valence electrons. The van der Waals surface area contributed by atoms with Crippen LogP contribution < -0.4 is 15.4 Å². The van der Waals surface area contributed by atoms with E-state index in [0.717, 1.165) is 18.2 Å². The number of alkyl halides is 3. The molecule has 0 saturated carbocycles. The van der Waals surface area contributed by atoms with Gasteiger partial charge < -0.3 is 20.1 Å². The standard InChI is InChI=1S/C13H14F4N2O3/c14-8-1-2-10(22-7-13(15,16)17)9(5-8)19-12(20)11-6-18-3-4-21-11/h1-2,5,11,18H,3-4,6-7H2,(H,19,20). The largest absolute Gasteiger partial charge is 0.482 e. The molecule has 22 heavy (non-hydrogen) atoms. The van der Waals surface area contributed by atoms with Crippen LogP contribution in [0.15, 0.2) is 18.2 Å². The van der Waals surface area contributed by atoms with Crippen LogP contribution in [0.25, 0.3) is 0 Å². The Bertz CT molecular complexity index is 531. The number of hydrogen-bond acceptors (Lipinski definition) is 4. The van der Waals surface area contributed by atoms with Crippen molar-refractivity contribution in [2.45, 2.75) is 12.3 Å². The lowest BCUT2D eigenvalue weighted by atomic mass is 10.2. The van der Waals surface area contributed by atoms with E-state index in [-0.39, 0.29) is 18.0 Å². The molecule has 0 aromatic heterocycles. The summed E-state index contributed by atoms with van der Waals surface area (Å²) < 4.78 is 59.6. The fourth-order valence-corrected chi connectivity index (χ4v) is 1.83. The van der Waals surface area contributed by atoms with E-state index in [9.17, 15) is 22.4 Å². The number of anilines is 1. The fraction of sp³-hybridized carbons (Fsp3) is 0.462. The van der Waals surface area contributed by atoms with Crippen molar-refractivity contribution >= 4 is 11.6 Å². The van der Waals surface area contributed by atoms with Gasteiger partial charge in [0.2, 0.25) is 0 Å². The van der Waals surface area contributed by atoms with Gasteiger partial charge in [-0.1, -0.05) is 0 Å². The number of amides is 1. The SMILES string of the molecule is O=C(Nc1cc(F)ccc1OCC(F)(F)F)C1CNCCO1. The number of rotatable bonds is 4. The first-order valence-corrected chi connectivity index (χ1v) is 6.47. The van der Waals surface area contributed by atoms with E-state index < -0.39 is 30.6 Å². The van der Waals surface area contributed by atoms with E-state index in [4.69, 9.17) is 4.74 Å². The summed E-state index contributed by atoms with van der Waals surface area (Å²) in [6.45, 7) is -0.342. The smallest absolute Gasteiger partial charge is 0.422 e. The van der Waals surface area contributed by atoms with Crippen LogP contribution in [0.5, 0.6) is 5.75 Å². The first kappa shape index (κ1) is 16.5. The number of hydrogen-bond donors (Lipinski definition) is 2. The maximum Gasteiger partial charge on any atom is 0.422 e. The third kappa shape index (κ3) is 4.85. The van der Waals surface area contributed by atoms with Crippen LogP contribution in [-0.4, -0.2) is 44.5 Å². The second kappa shape index (κ2) is 6.93. The van der Waals surface area contributed by atoms with Crippen molar-refractivity contribution < 1.29 is 31.8 Å². The molecule has 1 amide bonds. The lowest BCUT2D eigenvalue weighted by molar-refractivity contribution is -0.153. The summed E-state index contributed by atoms with van der Waals surface area (Å²) in [4.78, 5) is 12.0. The summed E-state index contributed by atoms with van der Waals surface area (Å²) in [6, 6.07) is 2.86. The number of halogens is 4. The number of morpholine rings is 1. The molecule has 1 saturated heterocycles. The van der Waals surface area contributed by atoms with Gasteiger partial charge in [-0.2, -0.15) is 13.2 Å². The Morgan fingerprint density at radius 1 is 1.45 bits per heavy atom. The predicted octanol–water partition coefficient (Wildman–Crippen LogP) is 1.69. The van der Waals surface area contributed by atoms with Crippen LogP contribution in [-0.2, 0) is 9.53 Å². The molecule has 1 heterocycles. The molecule has 1 fully saturated rings. The Labute approximate surface area is 123 Å². The van der Waals surface area contributed by atoms with Crippen molar-refractivity contribution in [1.82, 2.24) is 5.32 Å². The summed E-state index contributed by atoms with van der Waals surface area (Å²) >= 11 is 0. The Balaban J connectivity index is 2.07. The lowest BCUT2D eigenvalue weighted by Gasteiger charge is -2.23. The maximum atomic E-state index is 13.2. The number of carbonyl (C=O) groups excluding carboxylic acids is 1. The van der Waals surface area contributed by atoms with Crippen LogP contribution in [0.2, 0.25) is 0 Å². The highest BCUT2D eigenvalue weighted by Gasteiger charge is 2.29. The average molecular weight is 322 g/mol. The Morgan fingerprint density at radius 2 is 2.23 bits per heavy atom. The Hall–Kier alpha value is -1.87. The molecule has 5 nitrogen and oxygen atoms in total. The van der Waals surface area contributed by atoms with Crippen molar-refractivity contribution in [3.05, 3.63) is 24.0 Å². The second-order valence-electron chi connectivity index (χ2n) is 4.60. The molecule has 1 aliphatic rings. The highest BCUT2D eigenvalue weighted by Crippen LogP contribution is 2.27. The van der Waals surface area contributed by atoms with Gasteiger partial charge in [-0.3, -0.25) is 4.79 Å². The summed E-state index contributed by atoms with van der Waals surface area (Å²) in [5, 5.41) is 5.25. The average Bonchev–Trinajstić information content (AvgIpc) is 2.46. The lowest BCUT2D eigenvalue weighted by Crippen LogP contribution is -2.45. The molecule has 9 heteroatoms. The van der Waals surface area contributed by atoms with Gasteiger partial charge in [0.25, 0.3) is 5.91 Å². The predicted molar refractivity (Wildman–Crippen MR) is 69.2 cm³/mol. The molecule has 0 radical (unpaired) electrons. The highest BCUT2D eigenvalue weighted by atomic mass is 19.4. The number of carbonyl (C=O) groups is 1. The van der Waals surface area contributed by atoms with Crippen LogP contribution in [0, 0.1) is 5.82 Å². The van der Waals surface area contributed by atoms with E-state index in [1.165, 1.54) is 0 Å². The van der Waals surface area contributed by atoms with Gasteiger partial charge in [0.15, 0.2) is 6.61 Å². The molecule has 2 N–H and O–H groups in total. The van der Waals surface area contributed by atoms with Crippen molar-refractivity contribution in [2.75, 3.05) is 31.6 Å². The molecule has 0 spiro atoms. The Kier molecular flexibility index (Phi) is 5.19. The number of benzene rings is 1. The summed E-state index contributed by atoms with van der Waals surface area (Å²) in [5.74, 6) is -1.57. The normalized spacial score (nSPS) is 18.8. The molecular formula is C13H14F4N2O3. The van der Waals surface area contributed by atoms with Gasteiger partial charge in [-0.25, -0.2) is 4.39 Å². The van der Waals surface area contributed by atoms with Gasteiger partial charge >= 0.3 is 6.18 Å². The summed E-state index contributed by atoms with van der Waals surface area (Å²) in [6.07, 6.45) is -5.33. The van der Waals surface area contributed by atoms with E-state index in [1.807, 2.05) is 0 Å². The van der Waals surface area contributed by atoms with E-state index in [0.29, 0.717) is 13.2 Å². The van der Waals surface area contributed by atoms with Gasteiger partial charge in [-0.05, 0) is 12.1 Å². The van der Waals surface area contributed by atoms with E-state index in [1.54, 1.807) is 0 Å². The second-order valence-corrected chi connectivity index (χ2v) is 4.60. The molecule has 2 rings (SSSR count). The molecule has 1 aromatic carbocycles. The van der Waals surface area contributed by atoms with Gasteiger partial charge in [0.1, 0.15) is 17.7 Å². The first-order valence-electron chi connectivity index (χ1n) is 6.47. The highest BCUT2D eigenvalue weighted by molar-refractivity contribution is 5.95. The number of ether oxygens (including phenoxy) is 2. The van der Waals surface area contributed by atoms with Crippen molar-refractivity contribution in [3.63, 3.8) is 0 Å². The Morgan fingerprint density at radius 3 is 2.86 bits per heavy atom. The molecule has 1 aliphatic heterocycles. The van der Waals surface area contributed by atoms with Crippen molar-refractivity contribution in [2.24, 2.45) is 0 Å². The summed E-state index contributed by atoms with van der Waals surface area (Å²) in [5.41, 5.74) is -0.177. The van der Waals surface area contributed by atoms with E-state index in [2.05, 4.69) is 15.4 Å². The topological polar surface area (TPSA) is 59.6 Å². The zero-order chi connectivity index (χ0) is 16.2. The van der Waals surface area contributed by atoms with Crippen molar-refractivity contribution in [1.29, 1.82) is 0 Å². The minimum absolute atomic E-state index is 0.177. The zero-order valence-corrected chi connectivity index (χ0v) is 11.4. The minimum atomic E-state index is -4.54. The molecule has 1 aromatic rings. The molecular weight excluding hydrogens is 308 g/mol. The summed E-state index contributed by atoms with van der Waals surface area (Å²) in [7, 11) is 0. The third-order valence-electron chi connectivity index (χ3n) is 2.81. The van der Waals surface area contributed by atoms with Crippen LogP contribution in [0.4, 0.5) is 23.2 Å². The van der Waals surface area contributed by atoms with Gasteiger partial charge in [-0.15, -0.1) is 0 Å². The van der Waals surface area contributed by atoms with Gasteiger partial charge in [0, 0.05) is 19.2 Å². The first-order chi connectivity index (χ1) is 10.3. The number of nitrogens with one attached hydrogen (secondary N) is 2. The minimum Gasteiger partial charge on any atom is -0.482 e. The molecule has 1 atom stereocenters. The van der Waals surface area contributed by atoms with E-state index >= 15 is 0 Å². The van der Waals surface area contributed by atoms with Crippen LogP contribution >= 0.6 is 0 Å². The van der Waals surface area contributed by atoms with Crippen LogP contribution in [0.3, 0.4) is 0 Å². The molecule has 1 unspecified atom stereocenters. The van der Waals surface area contributed by atoms with Crippen LogP contribution in [0.1, 0.15) is 0 Å². The molecule has 0 bridgehead atoms. The van der Waals surface area contributed by atoms with Gasteiger partial charge in [0.05, 0.1) is 12.3 Å². The zero-order valence-electron chi connectivity index (χ0n) is 11.4. The fourth-order valence-electron chi connectivity index (χ4n) is 1.83. The van der Waals surface area contributed by atoms with Crippen molar-refractivity contribution in [3.8, 4) is 5.75 Å². The third-order valence-corrected chi connectivity index (χ3v) is 2.81. The maximum absolute atomic E-state index is 13.2. The monoisotopic (exact) mass is 322 g/mol.